The normalized spacial score (nSPS) is 11.7. The third-order valence-electron chi connectivity index (χ3n) is 5.38. The van der Waals surface area contributed by atoms with Gasteiger partial charge in [-0.3, -0.25) is 23.6 Å². The summed E-state index contributed by atoms with van der Waals surface area (Å²) in [6, 6.07) is 5.81. The van der Waals surface area contributed by atoms with E-state index in [0.29, 0.717) is 11.7 Å². The number of amides is 1. The predicted molar refractivity (Wildman–Crippen MR) is 133 cm³/mol. The van der Waals surface area contributed by atoms with Gasteiger partial charge in [0.1, 0.15) is 6.54 Å². The predicted octanol–water partition coefficient (Wildman–Crippen LogP) is 1.79. The van der Waals surface area contributed by atoms with Gasteiger partial charge in [-0.15, -0.1) is 0 Å². The average molecular weight is 534 g/mol. The number of imidazole rings is 1. The smallest absolute Gasteiger partial charge is 0.315 e. The number of thiazole rings is 1. The van der Waals surface area contributed by atoms with Crippen LogP contribution < -0.4 is 16.1 Å². The first-order chi connectivity index (χ1) is 15.7. The number of anilines is 1. The zero-order valence-electron chi connectivity index (χ0n) is 18.8. The van der Waals surface area contributed by atoms with Crippen molar-refractivity contribution in [2.45, 2.75) is 13.0 Å². The van der Waals surface area contributed by atoms with Gasteiger partial charge >= 0.3 is 5.69 Å². The van der Waals surface area contributed by atoms with Gasteiger partial charge in [-0.1, -0.05) is 27.3 Å². The Morgan fingerprint density at radius 1 is 1.15 bits per heavy atom. The van der Waals surface area contributed by atoms with E-state index in [4.69, 9.17) is 0 Å². The Kier molecular flexibility index (Phi) is 6.50. The zero-order chi connectivity index (χ0) is 23.9. The van der Waals surface area contributed by atoms with Crippen LogP contribution >= 0.6 is 27.3 Å². The van der Waals surface area contributed by atoms with Crippen LogP contribution in [0.1, 0.15) is 6.42 Å². The third kappa shape index (κ3) is 4.50. The maximum Gasteiger partial charge on any atom is 0.332 e. The van der Waals surface area contributed by atoms with Crippen molar-refractivity contribution in [1.29, 1.82) is 0 Å². The Morgan fingerprint density at radius 3 is 2.64 bits per heavy atom. The van der Waals surface area contributed by atoms with Crippen LogP contribution in [0.3, 0.4) is 0 Å². The molecule has 10 nitrogen and oxygen atoms in total. The first-order valence-corrected chi connectivity index (χ1v) is 11.9. The maximum absolute atomic E-state index is 13.5. The molecule has 0 bridgehead atoms. The third-order valence-corrected chi connectivity index (χ3v) is 6.92. The van der Waals surface area contributed by atoms with E-state index in [1.807, 2.05) is 32.3 Å². The van der Waals surface area contributed by atoms with E-state index < -0.39 is 11.2 Å². The number of aryl methyl sites for hydroxylation is 1. The second kappa shape index (κ2) is 9.20. The van der Waals surface area contributed by atoms with Crippen LogP contribution in [0.15, 0.2) is 38.6 Å². The lowest BCUT2D eigenvalue weighted by molar-refractivity contribution is -0.119. The standard InChI is InChI=1S/C21H24BrN7O3S/c1-25(2)8-5-9-29(20-24-14-7-6-13(22)10-15(14)33-20)16(30)11-28-12-23-18-17(28)19(31)27(4)21(32)26(18)3/h6-7,10,12H,5,8-9,11H2,1-4H3. The Morgan fingerprint density at radius 2 is 1.91 bits per heavy atom. The number of nitrogens with zero attached hydrogens (tertiary/aromatic N) is 7. The molecule has 0 aliphatic carbocycles. The van der Waals surface area contributed by atoms with Crippen LogP contribution in [0.4, 0.5) is 5.13 Å². The molecular formula is C21H24BrN7O3S. The minimum atomic E-state index is -0.484. The van der Waals surface area contributed by atoms with Crippen LogP contribution in [0.2, 0.25) is 0 Å². The fraction of sp³-hybridized carbons (Fsp3) is 0.381. The molecule has 0 aliphatic rings. The highest BCUT2D eigenvalue weighted by Gasteiger charge is 2.22. The molecule has 0 radical (unpaired) electrons. The van der Waals surface area contributed by atoms with E-state index in [2.05, 4.69) is 30.8 Å². The molecule has 4 aromatic rings. The van der Waals surface area contributed by atoms with Crippen LogP contribution in [-0.4, -0.2) is 61.7 Å². The molecule has 3 aromatic heterocycles. The fourth-order valence-corrected chi connectivity index (χ4v) is 5.18. The summed E-state index contributed by atoms with van der Waals surface area (Å²) >= 11 is 4.93. The van der Waals surface area contributed by atoms with Crippen molar-refractivity contribution < 1.29 is 4.79 Å². The van der Waals surface area contributed by atoms with E-state index in [1.54, 1.807) is 11.9 Å². The largest absolute Gasteiger partial charge is 0.332 e. The Balaban J connectivity index is 1.71. The van der Waals surface area contributed by atoms with Crippen LogP contribution in [-0.2, 0) is 25.4 Å². The molecule has 0 saturated carbocycles. The van der Waals surface area contributed by atoms with Gasteiger partial charge in [0.05, 0.1) is 16.5 Å². The molecule has 33 heavy (non-hydrogen) atoms. The summed E-state index contributed by atoms with van der Waals surface area (Å²) in [4.78, 5) is 51.0. The van der Waals surface area contributed by atoms with Crippen LogP contribution in [0, 0.1) is 0 Å². The minimum Gasteiger partial charge on any atom is -0.315 e. The van der Waals surface area contributed by atoms with Gasteiger partial charge in [0, 0.05) is 25.1 Å². The van der Waals surface area contributed by atoms with Gasteiger partial charge in [0.15, 0.2) is 16.3 Å². The molecular weight excluding hydrogens is 510 g/mol. The summed E-state index contributed by atoms with van der Waals surface area (Å²) in [7, 11) is 6.93. The average Bonchev–Trinajstić information content (AvgIpc) is 3.37. The zero-order valence-corrected chi connectivity index (χ0v) is 21.2. The highest BCUT2D eigenvalue weighted by molar-refractivity contribution is 9.10. The number of carbonyl (C=O) groups excluding carboxylic acids is 1. The lowest BCUT2D eigenvalue weighted by Gasteiger charge is -2.21. The van der Waals surface area contributed by atoms with Crippen molar-refractivity contribution in [3.8, 4) is 0 Å². The summed E-state index contributed by atoms with van der Waals surface area (Å²) in [6.45, 7) is 1.21. The molecule has 0 aliphatic heterocycles. The minimum absolute atomic E-state index is 0.0917. The SMILES string of the molecule is CN(C)CCCN(C(=O)Cn1cnc2c1c(=O)n(C)c(=O)n2C)c1nc2ccc(Br)cc2s1. The molecule has 0 spiro atoms. The lowest BCUT2D eigenvalue weighted by atomic mass is 10.3. The van der Waals surface area contributed by atoms with Gasteiger partial charge in [-0.25, -0.2) is 14.8 Å². The number of halogens is 1. The van der Waals surface area contributed by atoms with Crippen molar-refractivity contribution in [3.05, 3.63) is 49.8 Å². The Hall–Kier alpha value is -2.83. The molecule has 0 saturated heterocycles. The number of rotatable bonds is 7. The molecule has 0 fully saturated rings. The Bertz CT molecular complexity index is 1470. The number of carbonyl (C=O) groups is 1. The van der Waals surface area contributed by atoms with E-state index in [-0.39, 0.29) is 23.6 Å². The van der Waals surface area contributed by atoms with E-state index in [1.165, 1.54) is 33.8 Å². The molecule has 174 valence electrons. The number of fused-ring (bicyclic) bond motifs is 2. The van der Waals surface area contributed by atoms with Gasteiger partial charge in [0.2, 0.25) is 5.91 Å². The summed E-state index contributed by atoms with van der Waals surface area (Å²) in [5, 5.41) is 0.608. The van der Waals surface area contributed by atoms with Gasteiger partial charge in [-0.05, 0) is 45.3 Å². The monoisotopic (exact) mass is 533 g/mol. The highest BCUT2D eigenvalue weighted by atomic mass is 79.9. The molecule has 12 heteroatoms. The summed E-state index contributed by atoms with van der Waals surface area (Å²) in [5.41, 5.74) is 0.340. The topological polar surface area (TPSA) is 98.3 Å². The van der Waals surface area contributed by atoms with Crippen LogP contribution in [0.5, 0.6) is 0 Å². The molecule has 0 unspecified atom stereocenters. The van der Waals surface area contributed by atoms with Crippen molar-refractivity contribution in [2.75, 3.05) is 32.1 Å². The van der Waals surface area contributed by atoms with Crippen molar-refractivity contribution >= 4 is 59.7 Å². The fourth-order valence-electron chi connectivity index (χ4n) is 3.62. The maximum atomic E-state index is 13.5. The molecule has 0 N–H and O–H groups in total. The van der Waals surface area contributed by atoms with E-state index in [0.717, 1.165) is 32.2 Å². The summed E-state index contributed by atoms with van der Waals surface area (Å²) in [5.74, 6) is -0.206. The highest BCUT2D eigenvalue weighted by Crippen LogP contribution is 2.31. The van der Waals surface area contributed by atoms with Gasteiger partial charge in [-0.2, -0.15) is 0 Å². The van der Waals surface area contributed by atoms with Crippen molar-refractivity contribution in [2.24, 2.45) is 14.1 Å². The molecule has 1 aromatic carbocycles. The first kappa shape index (κ1) is 23.3. The van der Waals surface area contributed by atoms with E-state index in [9.17, 15) is 14.4 Å². The lowest BCUT2D eigenvalue weighted by Crippen LogP contribution is -2.39. The van der Waals surface area contributed by atoms with Crippen molar-refractivity contribution in [3.63, 3.8) is 0 Å². The number of hydrogen-bond acceptors (Lipinski definition) is 7. The summed E-state index contributed by atoms with van der Waals surface area (Å²) in [6.07, 6.45) is 2.19. The van der Waals surface area contributed by atoms with E-state index >= 15 is 0 Å². The number of aromatic nitrogens is 5. The summed E-state index contributed by atoms with van der Waals surface area (Å²) < 4.78 is 5.75. The molecule has 0 atom stereocenters. The molecule has 3 heterocycles. The second-order valence-corrected chi connectivity index (χ2v) is 9.99. The number of benzene rings is 1. The second-order valence-electron chi connectivity index (χ2n) is 8.06. The first-order valence-electron chi connectivity index (χ1n) is 10.3. The quantitative estimate of drug-likeness (QED) is 0.359. The van der Waals surface area contributed by atoms with Crippen LogP contribution in [0.25, 0.3) is 21.4 Å². The number of hydrogen-bond donors (Lipinski definition) is 0. The Labute approximate surface area is 201 Å². The van der Waals surface area contributed by atoms with Gasteiger partial charge in [0.25, 0.3) is 5.56 Å². The van der Waals surface area contributed by atoms with Gasteiger partial charge < -0.3 is 9.47 Å². The molecule has 1 amide bonds. The molecule has 4 rings (SSSR count). The van der Waals surface area contributed by atoms with Crippen molar-refractivity contribution in [1.82, 2.24) is 28.6 Å².